The van der Waals surface area contributed by atoms with E-state index in [-0.39, 0.29) is 23.7 Å². The molecular formula is C11H23NO2S. The highest BCUT2D eigenvalue weighted by atomic mass is 32.1. The van der Waals surface area contributed by atoms with Crippen molar-refractivity contribution in [2.45, 2.75) is 38.9 Å². The normalized spacial score (nSPS) is 15.1. The van der Waals surface area contributed by atoms with Crippen LogP contribution in [0.5, 0.6) is 0 Å². The van der Waals surface area contributed by atoms with E-state index in [1.165, 1.54) is 0 Å². The fourth-order valence-electron chi connectivity index (χ4n) is 1.16. The standard InChI is InChI=1S/C11H23NO2S/c1-8(2)10(15)11(14)12-6-4-5-9(3)7-13/h8-10,13,15H,4-7H2,1-3H3,(H,12,14). The zero-order valence-corrected chi connectivity index (χ0v) is 10.8. The SMILES string of the molecule is CC(CO)CCCNC(=O)C(S)C(C)C. The molecule has 0 spiro atoms. The number of carbonyl (C=O) groups is 1. The predicted octanol–water partition coefficient (Wildman–Crippen LogP) is 1.47. The molecule has 4 heteroatoms. The fraction of sp³-hybridized carbons (Fsp3) is 0.909. The smallest absolute Gasteiger partial charge is 0.233 e. The van der Waals surface area contributed by atoms with Crippen LogP contribution in [0.15, 0.2) is 0 Å². The maximum absolute atomic E-state index is 11.5. The summed E-state index contributed by atoms with van der Waals surface area (Å²) in [6.45, 7) is 6.84. The highest BCUT2D eigenvalue weighted by molar-refractivity contribution is 7.81. The molecule has 2 atom stereocenters. The topological polar surface area (TPSA) is 49.3 Å². The Balaban J connectivity index is 3.55. The van der Waals surface area contributed by atoms with Gasteiger partial charge in [-0.3, -0.25) is 4.79 Å². The van der Waals surface area contributed by atoms with E-state index in [0.717, 1.165) is 12.8 Å². The second-order valence-electron chi connectivity index (χ2n) is 4.41. The third kappa shape index (κ3) is 6.79. The van der Waals surface area contributed by atoms with Crippen LogP contribution in [0.25, 0.3) is 0 Å². The Bertz CT molecular complexity index is 185. The lowest BCUT2D eigenvalue weighted by atomic mass is 10.1. The molecule has 0 bridgehead atoms. The van der Waals surface area contributed by atoms with Gasteiger partial charge in [0.25, 0.3) is 0 Å². The zero-order valence-electron chi connectivity index (χ0n) is 9.86. The molecule has 2 N–H and O–H groups in total. The molecule has 0 aliphatic rings. The summed E-state index contributed by atoms with van der Waals surface area (Å²) in [4.78, 5) is 11.5. The van der Waals surface area contributed by atoms with Crippen LogP contribution in [-0.4, -0.2) is 29.4 Å². The summed E-state index contributed by atoms with van der Waals surface area (Å²) in [6, 6.07) is 0. The molecule has 0 aliphatic carbocycles. The molecule has 0 aliphatic heterocycles. The molecular weight excluding hydrogens is 210 g/mol. The van der Waals surface area contributed by atoms with Gasteiger partial charge in [0.05, 0.1) is 5.25 Å². The van der Waals surface area contributed by atoms with Gasteiger partial charge in [0.15, 0.2) is 0 Å². The van der Waals surface area contributed by atoms with Crippen LogP contribution < -0.4 is 5.32 Å². The van der Waals surface area contributed by atoms with E-state index in [2.05, 4.69) is 17.9 Å². The largest absolute Gasteiger partial charge is 0.396 e. The lowest BCUT2D eigenvalue weighted by Gasteiger charge is -2.15. The molecule has 2 unspecified atom stereocenters. The Kier molecular flexibility index (Phi) is 7.88. The van der Waals surface area contributed by atoms with E-state index in [4.69, 9.17) is 5.11 Å². The molecule has 0 rings (SSSR count). The second-order valence-corrected chi connectivity index (χ2v) is 4.97. The summed E-state index contributed by atoms with van der Waals surface area (Å²) >= 11 is 4.23. The average molecular weight is 233 g/mol. The second kappa shape index (κ2) is 7.99. The van der Waals surface area contributed by atoms with Crippen molar-refractivity contribution in [1.29, 1.82) is 0 Å². The van der Waals surface area contributed by atoms with Gasteiger partial charge in [0, 0.05) is 13.2 Å². The third-order valence-electron chi connectivity index (χ3n) is 2.38. The third-order valence-corrected chi connectivity index (χ3v) is 3.22. The maximum atomic E-state index is 11.5. The number of hydrogen-bond donors (Lipinski definition) is 3. The van der Waals surface area contributed by atoms with E-state index >= 15 is 0 Å². The molecule has 0 aromatic heterocycles. The van der Waals surface area contributed by atoms with Crippen molar-refractivity contribution in [2.24, 2.45) is 11.8 Å². The summed E-state index contributed by atoms with van der Waals surface area (Å²) in [5, 5.41) is 11.4. The molecule has 0 aromatic carbocycles. The molecule has 15 heavy (non-hydrogen) atoms. The van der Waals surface area contributed by atoms with Crippen molar-refractivity contribution >= 4 is 18.5 Å². The summed E-state index contributed by atoms with van der Waals surface area (Å²) in [5.74, 6) is 0.577. The quantitative estimate of drug-likeness (QED) is 0.461. The zero-order chi connectivity index (χ0) is 11.8. The summed E-state index contributed by atoms with van der Waals surface area (Å²) in [5.41, 5.74) is 0. The minimum atomic E-state index is -0.222. The summed E-state index contributed by atoms with van der Waals surface area (Å²) in [7, 11) is 0. The van der Waals surface area contributed by atoms with Crippen LogP contribution in [0.4, 0.5) is 0 Å². The van der Waals surface area contributed by atoms with Gasteiger partial charge in [-0.2, -0.15) is 12.6 Å². The first kappa shape index (κ1) is 14.8. The van der Waals surface area contributed by atoms with Gasteiger partial charge in [0.2, 0.25) is 5.91 Å². The van der Waals surface area contributed by atoms with Crippen LogP contribution in [0.3, 0.4) is 0 Å². The number of carbonyl (C=O) groups excluding carboxylic acids is 1. The minimum Gasteiger partial charge on any atom is -0.396 e. The van der Waals surface area contributed by atoms with Crippen molar-refractivity contribution in [3.63, 3.8) is 0 Å². The number of amides is 1. The Hall–Kier alpha value is -0.220. The van der Waals surface area contributed by atoms with Gasteiger partial charge in [-0.25, -0.2) is 0 Å². The van der Waals surface area contributed by atoms with Crippen LogP contribution >= 0.6 is 12.6 Å². The number of hydrogen-bond acceptors (Lipinski definition) is 3. The van der Waals surface area contributed by atoms with Gasteiger partial charge < -0.3 is 10.4 Å². The highest BCUT2D eigenvalue weighted by Gasteiger charge is 2.16. The van der Waals surface area contributed by atoms with E-state index in [1.54, 1.807) is 0 Å². The van der Waals surface area contributed by atoms with Crippen LogP contribution in [-0.2, 0) is 4.79 Å². The summed E-state index contributed by atoms with van der Waals surface area (Å²) < 4.78 is 0. The van der Waals surface area contributed by atoms with Crippen molar-refractivity contribution in [3.8, 4) is 0 Å². The van der Waals surface area contributed by atoms with Crippen molar-refractivity contribution < 1.29 is 9.90 Å². The number of aliphatic hydroxyl groups excluding tert-OH is 1. The number of aliphatic hydroxyl groups is 1. The molecule has 0 saturated heterocycles. The number of thiol groups is 1. The van der Waals surface area contributed by atoms with Crippen LogP contribution in [0.2, 0.25) is 0 Å². The van der Waals surface area contributed by atoms with Crippen molar-refractivity contribution in [2.75, 3.05) is 13.2 Å². The van der Waals surface area contributed by atoms with Crippen LogP contribution in [0, 0.1) is 11.8 Å². The molecule has 0 aromatic rings. The molecule has 0 saturated carbocycles. The Labute approximate surface area is 98.0 Å². The summed E-state index contributed by atoms with van der Waals surface area (Å²) in [6.07, 6.45) is 1.85. The van der Waals surface area contributed by atoms with E-state index in [9.17, 15) is 4.79 Å². The van der Waals surface area contributed by atoms with Gasteiger partial charge in [-0.1, -0.05) is 20.8 Å². The lowest BCUT2D eigenvalue weighted by Crippen LogP contribution is -2.35. The maximum Gasteiger partial charge on any atom is 0.233 e. The minimum absolute atomic E-state index is 0.00462. The first-order valence-corrected chi connectivity index (χ1v) is 6.07. The average Bonchev–Trinajstić information content (AvgIpc) is 2.22. The molecule has 90 valence electrons. The molecule has 3 nitrogen and oxygen atoms in total. The van der Waals surface area contributed by atoms with E-state index in [0.29, 0.717) is 12.5 Å². The van der Waals surface area contributed by atoms with E-state index < -0.39 is 0 Å². The van der Waals surface area contributed by atoms with Crippen molar-refractivity contribution in [3.05, 3.63) is 0 Å². The van der Waals surface area contributed by atoms with Crippen LogP contribution in [0.1, 0.15) is 33.6 Å². The first-order valence-electron chi connectivity index (χ1n) is 5.55. The molecule has 0 fully saturated rings. The molecule has 1 amide bonds. The molecule has 0 heterocycles. The lowest BCUT2D eigenvalue weighted by molar-refractivity contribution is -0.121. The Morgan fingerprint density at radius 1 is 1.40 bits per heavy atom. The number of rotatable bonds is 7. The van der Waals surface area contributed by atoms with Gasteiger partial charge >= 0.3 is 0 Å². The van der Waals surface area contributed by atoms with Gasteiger partial charge in [-0.15, -0.1) is 0 Å². The van der Waals surface area contributed by atoms with E-state index in [1.807, 2.05) is 20.8 Å². The fourth-order valence-corrected chi connectivity index (χ4v) is 1.25. The highest BCUT2D eigenvalue weighted by Crippen LogP contribution is 2.08. The van der Waals surface area contributed by atoms with Gasteiger partial charge in [-0.05, 0) is 24.7 Å². The Morgan fingerprint density at radius 2 is 2.00 bits per heavy atom. The van der Waals surface area contributed by atoms with Crippen molar-refractivity contribution in [1.82, 2.24) is 5.32 Å². The Morgan fingerprint density at radius 3 is 2.47 bits per heavy atom. The first-order chi connectivity index (χ1) is 6.99. The molecule has 0 radical (unpaired) electrons. The monoisotopic (exact) mass is 233 g/mol. The van der Waals surface area contributed by atoms with Gasteiger partial charge in [0.1, 0.15) is 0 Å². The predicted molar refractivity (Wildman–Crippen MR) is 66.1 cm³/mol. The number of nitrogens with one attached hydrogen (secondary N) is 1.